The Kier molecular flexibility index (Phi) is 3.92. The molecule has 1 aliphatic rings. The van der Waals surface area contributed by atoms with E-state index in [2.05, 4.69) is 17.1 Å². The minimum absolute atomic E-state index is 0.0391. The first-order valence-electron chi connectivity index (χ1n) is 6.25. The Morgan fingerprint density at radius 1 is 1.28 bits per heavy atom. The molecule has 0 saturated heterocycles. The maximum absolute atomic E-state index is 11.6. The molecule has 0 aromatic heterocycles. The van der Waals surface area contributed by atoms with Gasteiger partial charge in [-0.2, -0.15) is 0 Å². The van der Waals surface area contributed by atoms with Crippen molar-refractivity contribution in [3.8, 4) is 0 Å². The molecule has 2 rings (SSSR count). The highest BCUT2D eigenvalue weighted by Crippen LogP contribution is 2.20. The van der Waals surface area contributed by atoms with Gasteiger partial charge in [-0.15, -0.1) is 0 Å². The number of hydrogen-bond acceptors (Lipinski definition) is 2. The lowest BCUT2D eigenvalue weighted by atomic mass is 10.1. The molecule has 0 heterocycles. The van der Waals surface area contributed by atoms with Crippen LogP contribution in [0.4, 0.5) is 0 Å². The lowest BCUT2D eigenvalue weighted by molar-refractivity contribution is -0.456. The van der Waals surface area contributed by atoms with E-state index in [9.17, 15) is 9.90 Å². The molecule has 0 saturated carbocycles. The summed E-state index contributed by atoms with van der Waals surface area (Å²) in [6.07, 6.45) is 1.81. The SMILES string of the molecule is CC(=[NH+]CCc1ccccc1)C1=C(O)CCC1=O. The molecule has 1 aromatic carbocycles. The zero-order valence-electron chi connectivity index (χ0n) is 10.6. The van der Waals surface area contributed by atoms with Crippen LogP contribution in [0.3, 0.4) is 0 Å². The van der Waals surface area contributed by atoms with Crippen LogP contribution >= 0.6 is 0 Å². The molecule has 0 unspecified atom stereocenters. The highest BCUT2D eigenvalue weighted by Gasteiger charge is 2.27. The number of nitrogens with one attached hydrogen (secondary N) is 1. The molecule has 1 aromatic rings. The number of carbonyl (C=O) groups is 1. The molecule has 1 aliphatic carbocycles. The lowest BCUT2D eigenvalue weighted by Gasteiger charge is -1.97. The van der Waals surface area contributed by atoms with Gasteiger partial charge in [-0.05, 0) is 5.56 Å². The third kappa shape index (κ3) is 2.86. The van der Waals surface area contributed by atoms with Gasteiger partial charge in [0.2, 0.25) is 0 Å². The molecule has 3 nitrogen and oxygen atoms in total. The second-order valence-electron chi connectivity index (χ2n) is 4.53. The van der Waals surface area contributed by atoms with Crippen molar-refractivity contribution >= 4 is 11.5 Å². The quantitative estimate of drug-likeness (QED) is 0.775. The predicted molar refractivity (Wildman–Crippen MR) is 70.6 cm³/mol. The molecule has 0 aliphatic heterocycles. The molecule has 94 valence electrons. The summed E-state index contributed by atoms with van der Waals surface area (Å²) >= 11 is 0. The second kappa shape index (κ2) is 5.63. The van der Waals surface area contributed by atoms with Gasteiger partial charge in [0.1, 0.15) is 17.9 Å². The number of Topliss-reactive ketones (excluding diaryl/α,β-unsaturated/α-hetero) is 1. The molecule has 0 spiro atoms. The van der Waals surface area contributed by atoms with Crippen LogP contribution in [0.1, 0.15) is 25.3 Å². The van der Waals surface area contributed by atoms with Gasteiger partial charge in [0.25, 0.3) is 0 Å². The molecular formula is C15H18NO2+. The highest BCUT2D eigenvalue weighted by molar-refractivity contribution is 6.21. The fourth-order valence-electron chi connectivity index (χ4n) is 2.20. The fourth-order valence-corrected chi connectivity index (χ4v) is 2.20. The Morgan fingerprint density at radius 3 is 2.61 bits per heavy atom. The first-order chi connectivity index (χ1) is 8.68. The van der Waals surface area contributed by atoms with Crippen molar-refractivity contribution in [1.82, 2.24) is 0 Å². The normalized spacial score (nSPS) is 16.5. The summed E-state index contributed by atoms with van der Waals surface area (Å²) in [6.45, 7) is 2.61. The van der Waals surface area contributed by atoms with Crippen molar-refractivity contribution in [3.63, 3.8) is 0 Å². The summed E-state index contributed by atoms with van der Waals surface area (Å²) in [5.74, 6) is 0.266. The first-order valence-corrected chi connectivity index (χ1v) is 6.25. The minimum Gasteiger partial charge on any atom is -0.511 e. The van der Waals surface area contributed by atoms with Gasteiger partial charge in [0, 0.05) is 26.2 Å². The number of aliphatic hydroxyl groups excluding tert-OH is 1. The molecule has 2 N–H and O–H groups in total. The fraction of sp³-hybridized carbons (Fsp3) is 0.333. The minimum atomic E-state index is 0.0391. The third-order valence-corrected chi connectivity index (χ3v) is 3.18. The second-order valence-corrected chi connectivity index (χ2v) is 4.53. The number of aliphatic hydroxyl groups is 1. The van der Waals surface area contributed by atoms with E-state index in [4.69, 9.17) is 0 Å². The van der Waals surface area contributed by atoms with Crippen LogP contribution in [0.5, 0.6) is 0 Å². The van der Waals surface area contributed by atoms with E-state index in [0.717, 1.165) is 18.7 Å². The molecule has 0 amide bonds. The Morgan fingerprint density at radius 2 is 2.00 bits per heavy atom. The molecule has 0 atom stereocenters. The van der Waals surface area contributed by atoms with Gasteiger partial charge in [0.15, 0.2) is 11.5 Å². The molecule has 0 bridgehead atoms. The summed E-state index contributed by atoms with van der Waals surface area (Å²) in [6, 6.07) is 10.2. The van der Waals surface area contributed by atoms with E-state index >= 15 is 0 Å². The number of rotatable bonds is 4. The molecular weight excluding hydrogens is 226 g/mol. The molecule has 18 heavy (non-hydrogen) atoms. The first kappa shape index (κ1) is 12.6. The summed E-state index contributed by atoms with van der Waals surface area (Å²) in [5.41, 5.74) is 2.53. The van der Waals surface area contributed by atoms with E-state index < -0.39 is 0 Å². The van der Waals surface area contributed by atoms with Gasteiger partial charge in [-0.3, -0.25) is 4.79 Å². The van der Waals surface area contributed by atoms with Crippen LogP contribution in [0.25, 0.3) is 0 Å². The third-order valence-electron chi connectivity index (χ3n) is 3.18. The number of hydrogen-bond donors (Lipinski definition) is 2. The van der Waals surface area contributed by atoms with Crippen molar-refractivity contribution in [3.05, 3.63) is 47.2 Å². The summed E-state index contributed by atoms with van der Waals surface area (Å²) in [5, 5.41) is 9.64. The number of allylic oxidation sites excluding steroid dienone is 2. The van der Waals surface area contributed by atoms with Crippen LogP contribution in [0.2, 0.25) is 0 Å². The van der Waals surface area contributed by atoms with Crippen molar-refractivity contribution in [2.45, 2.75) is 26.2 Å². The summed E-state index contributed by atoms with van der Waals surface area (Å²) < 4.78 is 0. The maximum atomic E-state index is 11.6. The van der Waals surface area contributed by atoms with Crippen LogP contribution in [-0.2, 0) is 11.2 Å². The van der Waals surface area contributed by atoms with Gasteiger partial charge >= 0.3 is 0 Å². The van der Waals surface area contributed by atoms with Crippen LogP contribution in [0, 0.1) is 0 Å². The Labute approximate surface area is 107 Å². The Bertz CT molecular complexity index is 500. The molecule has 3 heteroatoms. The van der Waals surface area contributed by atoms with E-state index in [-0.39, 0.29) is 11.5 Å². The molecule has 0 radical (unpaired) electrons. The smallest absolute Gasteiger partial charge is 0.185 e. The van der Waals surface area contributed by atoms with Crippen LogP contribution in [0.15, 0.2) is 41.7 Å². The zero-order valence-corrected chi connectivity index (χ0v) is 10.6. The highest BCUT2D eigenvalue weighted by atomic mass is 16.3. The lowest BCUT2D eigenvalue weighted by Crippen LogP contribution is -2.73. The van der Waals surface area contributed by atoms with E-state index in [1.165, 1.54) is 5.56 Å². The average molecular weight is 244 g/mol. The summed E-state index contributed by atoms with van der Waals surface area (Å²) in [7, 11) is 0. The van der Waals surface area contributed by atoms with E-state index in [0.29, 0.717) is 18.4 Å². The maximum Gasteiger partial charge on any atom is 0.185 e. The Balaban J connectivity index is 1.98. The van der Waals surface area contributed by atoms with Crippen molar-refractivity contribution in [2.75, 3.05) is 6.54 Å². The van der Waals surface area contributed by atoms with Crippen molar-refractivity contribution in [2.24, 2.45) is 0 Å². The van der Waals surface area contributed by atoms with E-state index in [1.807, 2.05) is 25.1 Å². The number of ketones is 1. The Hall–Kier alpha value is -1.90. The van der Waals surface area contributed by atoms with Gasteiger partial charge in [-0.1, -0.05) is 30.3 Å². The van der Waals surface area contributed by atoms with Crippen molar-refractivity contribution in [1.29, 1.82) is 0 Å². The number of carbonyl (C=O) groups excluding carboxylic acids is 1. The molecule has 0 fully saturated rings. The average Bonchev–Trinajstić information content (AvgIpc) is 2.70. The zero-order chi connectivity index (χ0) is 13.0. The largest absolute Gasteiger partial charge is 0.511 e. The summed E-state index contributed by atoms with van der Waals surface area (Å²) in [4.78, 5) is 14.8. The standard InChI is InChI=1S/C15H17NO2/c1-11(15-13(17)7-8-14(15)18)16-10-9-12-5-3-2-4-6-12/h2-6,17H,7-10H2,1H3/p+1. The van der Waals surface area contributed by atoms with Gasteiger partial charge in [0.05, 0.1) is 0 Å². The number of benzene rings is 1. The van der Waals surface area contributed by atoms with Crippen LogP contribution < -0.4 is 4.99 Å². The van der Waals surface area contributed by atoms with Crippen molar-refractivity contribution < 1.29 is 14.9 Å². The van der Waals surface area contributed by atoms with Gasteiger partial charge in [-0.25, -0.2) is 4.99 Å². The van der Waals surface area contributed by atoms with E-state index in [1.54, 1.807) is 0 Å². The van der Waals surface area contributed by atoms with Gasteiger partial charge < -0.3 is 5.11 Å². The predicted octanol–water partition coefficient (Wildman–Crippen LogP) is 0.946. The van der Waals surface area contributed by atoms with Crippen LogP contribution in [-0.4, -0.2) is 23.1 Å². The monoisotopic (exact) mass is 244 g/mol. The topological polar surface area (TPSA) is 51.3 Å².